The van der Waals surface area contributed by atoms with Crippen LogP contribution in [0.4, 0.5) is 27.6 Å². The van der Waals surface area contributed by atoms with E-state index < -0.39 is 40.7 Å². The molecule has 1 aliphatic rings. The molecule has 1 amide bonds. The van der Waals surface area contributed by atoms with Gasteiger partial charge >= 0.3 is 0 Å². The van der Waals surface area contributed by atoms with Crippen LogP contribution in [0.2, 0.25) is 10.0 Å². The Morgan fingerprint density at radius 2 is 1.53 bits per heavy atom. The Morgan fingerprint density at radius 1 is 0.906 bits per heavy atom. The standard InChI is InChI=1S/C21H9Cl2F5N2O2/c1-8-11(7-10-3-5-14(32-10)9-2-4-12(22)13(23)6-9)21(31)30(29-8)20-18(27)16(25)15(24)17(26)19(20)28/h2-7H,1H3/b11-7-. The molecule has 0 radical (unpaired) electrons. The molecule has 0 spiro atoms. The summed E-state index contributed by atoms with van der Waals surface area (Å²) >= 11 is 11.9. The van der Waals surface area contributed by atoms with Crippen molar-refractivity contribution in [1.82, 2.24) is 0 Å². The molecular weight excluding hydrogens is 478 g/mol. The summed E-state index contributed by atoms with van der Waals surface area (Å²) in [5, 5.41) is 4.43. The second kappa shape index (κ2) is 8.07. The Morgan fingerprint density at radius 3 is 2.16 bits per heavy atom. The molecule has 4 nitrogen and oxygen atoms in total. The molecule has 2 aromatic carbocycles. The third-order valence-electron chi connectivity index (χ3n) is 4.58. The van der Waals surface area contributed by atoms with Gasteiger partial charge in [0.25, 0.3) is 5.91 Å². The molecule has 0 saturated heterocycles. The number of anilines is 1. The number of nitrogens with zero attached hydrogens (tertiary/aromatic N) is 2. The fraction of sp³-hybridized carbons (Fsp3) is 0.0476. The number of hydrazone groups is 1. The van der Waals surface area contributed by atoms with E-state index in [0.717, 1.165) is 0 Å². The van der Waals surface area contributed by atoms with Crippen molar-refractivity contribution >= 4 is 46.6 Å². The van der Waals surface area contributed by atoms with Crippen LogP contribution in [0.5, 0.6) is 0 Å². The van der Waals surface area contributed by atoms with E-state index in [9.17, 15) is 26.7 Å². The molecular formula is C21H9Cl2F5N2O2. The summed E-state index contributed by atoms with van der Waals surface area (Å²) in [6.45, 7) is 1.33. The Bertz CT molecular complexity index is 1320. The maximum absolute atomic E-state index is 14.1. The Labute approximate surface area is 187 Å². The molecule has 32 heavy (non-hydrogen) atoms. The van der Waals surface area contributed by atoms with Crippen LogP contribution >= 0.6 is 23.2 Å². The predicted molar refractivity (Wildman–Crippen MR) is 109 cm³/mol. The van der Waals surface area contributed by atoms with Crippen molar-refractivity contribution in [3.05, 3.63) is 80.8 Å². The van der Waals surface area contributed by atoms with Crippen molar-refractivity contribution in [2.45, 2.75) is 6.92 Å². The van der Waals surface area contributed by atoms with Crippen LogP contribution < -0.4 is 5.01 Å². The van der Waals surface area contributed by atoms with Gasteiger partial charge in [-0.15, -0.1) is 0 Å². The second-order valence-electron chi connectivity index (χ2n) is 6.61. The molecule has 11 heteroatoms. The highest BCUT2D eigenvalue weighted by atomic mass is 35.5. The van der Waals surface area contributed by atoms with Gasteiger partial charge in [0.1, 0.15) is 17.2 Å². The summed E-state index contributed by atoms with van der Waals surface area (Å²) in [4.78, 5) is 12.7. The van der Waals surface area contributed by atoms with Crippen LogP contribution in [0, 0.1) is 29.1 Å². The zero-order valence-electron chi connectivity index (χ0n) is 15.8. The van der Waals surface area contributed by atoms with E-state index in [2.05, 4.69) is 5.10 Å². The van der Waals surface area contributed by atoms with Gasteiger partial charge in [0, 0.05) is 5.56 Å². The second-order valence-corrected chi connectivity index (χ2v) is 7.42. The normalized spacial score (nSPS) is 15.1. The fourth-order valence-electron chi connectivity index (χ4n) is 2.99. The summed E-state index contributed by atoms with van der Waals surface area (Å²) in [6.07, 6.45) is 1.23. The number of rotatable bonds is 3. The Kier molecular flexibility index (Phi) is 5.56. The van der Waals surface area contributed by atoms with Crippen LogP contribution in [0.25, 0.3) is 17.4 Å². The molecule has 3 aromatic rings. The first-order chi connectivity index (χ1) is 15.1. The minimum atomic E-state index is -2.34. The van der Waals surface area contributed by atoms with Gasteiger partial charge < -0.3 is 4.42 Å². The molecule has 0 N–H and O–H groups in total. The number of furan rings is 1. The van der Waals surface area contributed by atoms with E-state index in [-0.39, 0.29) is 22.1 Å². The fourth-order valence-corrected chi connectivity index (χ4v) is 3.29. The minimum Gasteiger partial charge on any atom is -0.457 e. The lowest BCUT2D eigenvalue weighted by Gasteiger charge is -2.14. The molecule has 0 saturated carbocycles. The summed E-state index contributed by atoms with van der Waals surface area (Å²) in [5.41, 5.74) is -1.06. The first-order valence-corrected chi connectivity index (χ1v) is 9.54. The molecule has 2 heterocycles. The van der Waals surface area contributed by atoms with Gasteiger partial charge in [0.15, 0.2) is 23.3 Å². The van der Waals surface area contributed by atoms with E-state index in [0.29, 0.717) is 21.4 Å². The van der Waals surface area contributed by atoms with E-state index in [1.165, 1.54) is 19.1 Å². The van der Waals surface area contributed by atoms with Crippen LogP contribution in [0.1, 0.15) is 12.7 Å². The third kappa shape index (κ3) is 3.57. The molecule has 0 aliphatic carbocycles. The number of amides is 1. The quantitative estimate of drug-likeness (QED) is 0.178. The van der Waals surface area contributed by atoms with E-state index in [4.69, 9.17) is 27.6 Å². The third-order valence-corrected chi connectivity index (χ3v) is 5.32. The summed E-state index contributed by atoms with van der Waals surface area (Å²) in [6, 6.07) is 7.88. The average Bonchev–Trinajstić information content (AvgIpc) is 3.34. The first-order valence-electron chi connectivity index (χ1n) is 8.78. The molecule has 0 atom stereocenters. The maximum Gasteiger partial charge on any atom is 0.280 e. The summed E-state index contributed by atoms with van der Waals surface area (Å²) in [7, 11) is 0. The van der Waals surface area contributed by atoms with Crippen molar-refractivity contribution in [2.24, 2.45) is 5.10 Å². The molecule has 0 unspecified atom stereocenters. The highest BCUT2D eigenvalue weighted by Crippen LogP contribution is 2.35. The van der Waals surface area contributed by atoms with Crippen LogP contribution in [0.15, 0.2) is 45.4 Å². The van der Waals surface area contributed by atoms with Crippen LogP contribution in [0.3, 0.4) is 0 Å². The smallest absolute Gasteiger partial charge is 0.280 e. The van der Waals surface area contributed by atoms with Gasteiger partial charge in [-0.2, -0.15) is 10.1 Å². The van der Waals surface area contributed by atoms with Crippen molar-refractivity contribution in [3.63, 3.8) is 0 Å². The van der Waals surface area contributed by atoms with Gasteiger partial charge in [-0.25, -0.2) is 22.0 Å². The molecule has 0 fully saturated rings. The van der Waals surface area contributed by atoms with Crippen LogP contribution in [-0.4, -0.2) is 11.6 Å². The molecule has 0 bridgehead atoms. The van der Waals surface area contributed by atoms with Crippen molar-refractivity contribution in [2.75, 3.05) is 5.01 Å². The Balaban J connectivity index is 1.70. The zero-order chi connectivity index (χ0) is 23.3. The van der Waals surface area contributed by atoms with Crippen molar-refractivity contribution in [1.29, 1.82) is 0 Å². The number of benzene rings is 2. The largest absolute Gasteiger partial charge is 0.457 e. The van der Waals surface area contributed by atoms with Crippen LogP contribution in [-0.2, 0) is 4.79 Å². The van der Waals surface area contributed by atoms with E-state index in [1.54, 1.807) is 24.3 Å². The predicted octanol–water partition coefficient (Wildman–Crippen LogP) is 6.76. The number of carbonyl (C=O) groups excluding carboxylic acids is 1. The van der Waals surface area contributed by atoms with Gasteiger partial charge in [0.2, 0.25) is 5.82 Å². The lowest BCUT2D eigenvalue weighted by atomic mass is 10.1. The Hall–Kier alpha value is -3.17. The topological polar surface area (TPSA) is 45.8 Å². The van der Waals surface area contributed by atoms with Gasteiger partial charge in [0.05, 0.1) is 21.3 Å². The molecule has 1 aromatic heterocycles. The zero-order valence-corrected chi connectivity index (χ0v) is 17.3. The van der Waals surface area contributed by atoms with Gasteiger partial charge in [-0.05, 0) is 43.3 Å². The first kappa shape index (κ1) is 22.0. The highest BCUT2D eigenvalue weighted by molar-refractivity contribution is 6.42. The lowest BCUT2D eigenvalue weighted by molar-refractivity contribution is -0.114. The van der Waals surface area contributed by atoms with E-state index >= 15 is 0 Å². The molecule has 164 valence electrons. The van der Waals surface area contributed by atoms with Gasteiger partial charge in [-0.1, -0.05) is 23.2 Å². The van der Waals surface area contributed by atoms with E-state index in [1.807, 2.05) is 0 Å². The van der Waals surface area contributed by atoms with Gasteiger partial charge in [-0.3, -0.25) is 4.79 Å². The number of hydrogen-bond acceptors (Lipinski definition) is 3. The number of carbonyl (C=O) groups is 1. The SMILES string of the molecule is CC1=NN(c2c(F)c(F)c(F)c(F)c2F)C(=O)/C1=C\c1ccc(-c2ccc(Cl)c(Cl)c2)o1. The highest BCUT2D eigenvalue weighted by Gasteiger charge is 2.37. The molecule has 4 rings (SSSR count). The number of halogens is 7. The summed E-state index contributed by atoms with van der Waals surface area (Å²) in [5.74, 6) is -11.6. The van der Waals surface area contributed by atoms with Crippen molar-refractivity contribution < 1.29 is 31.2 Å². The minimum absolute atomic E-state index is 0.0218. The summed E-state index contributed by atoms with van der Waals surface area (Å²) < 4.78 is 74.3. The monoisotopic (exact) mass is 486 g/mol. The number of hydrogen-bond donors (Lipinski definition) is 0. The maximum atomic E-state index is 14.1. The average molecular weight is 487 g/mol. The van der Waals surface area contributed by atoms with Crippen molar-refractivity contribution in [3.8, 4) is 11.3 Å². The lowest BCUT2D eigenvalue weighted by Crippen LogP contribution is -2.25. The molecule has 1 aliphatic heterocycles.